The Labute approximate surface area is 109 Å². The lowest BCUT2D eigenvalue weighted by molar-refractivity contribution is -0.150. The Morgan fingerprint density at radius 1 is 1.47 bits per heavy atom. The van der Waals surface area contributed by atoms with Crippen LogP contribution < -0.4 is 5.69 Å². The molecule has 0 fully saturated rings. The summed E-state index contributed by atoms with van der Waals surface area (Å²) in [4.78, 5) is 25.5. The number of rotatable bonds is 3. The number of aromatic nitrogens is 2. The molecule has 0 bridgehead atoms. The molecule has 6 nitrogen and oxygen atoms in total. The topological polar surface area (TPSA) is 84.3 Å². The van der Waals surface area contributed by atoms with E-state index in [2.05, 4.69) is 9.72 Å². The molecule has 0 amide bonds. The Kier molecular flexibility index (Phi) is 3.52. The predicted molar refractivity (Wildman–Crippen MR) is 68.1 cm³/mol. The first kappa shape index (κ1) is 13.1. The second-order valence-electron chi connectivity index (χ2n) is 4.09. The van der Waals surface area contributed by atoms with Crippen molar-refractivity contribution in [2.24, 2.45) is 0 Å². The number of methoxy groups -OCH3 is 1. The van der Waals surface area contributed by atoms with Gasteiger partial charge in [-0.1, -0.05) is 12.1 Å². The Bertz CT molecular complexity index is 657. The number of aromatic amines is 1. The van der Waals surface area contributed by atoms with Crippen LogP contribution in [0.2, 0.25) is 0 Å². The second kappa shape index (κ2) is 5.11. The van der Waals surface area contributed by atoms with Crippen LogP contribution in [0.25, 0.3) is 5.69 Å². The summed E-state index contributed by atoms with van der Waals surface area (Å²) in [5, 5.41) is 9.78. The van der Waals surface area contributed by atoms with Crippen molar-refractivity contribution in [3.63, 3.8) is 0 Å². The normalized spacial score (nSPS) is 12.2. The van der Waals surface area contributed by atoms with Crippen molar-refractivity contribution in [1.82, 2.24) is 9.55 Å². The molecular formula is C13H14N2O4. The number of aliphatic hydroxyl groups is 1. The van der Waals surface area contributed by atoms with Gasteiger partial charge in [-0.3, -0.25) is 4.57 Å². The number of carbonyl (C=O) groups excluding carboxylic acids is 1. The van der Waals surface area contributed by atoms with Gasteiger partial charge in [-0.25, -0.2) is 9.59 Å². The summed E-state index contributed by atoms with van der Waals surface area (Å²) in [6.07, 6.45) is 0.228. The molecule has 1 heterocycles. The van der Waals surface area contributed by atoms with Crippen LogP contribution in [0.15, 0.2) is 35.3 Å². The van der Waals surface area contributed by atoms with Gasteiger partial charge in [-0.05, 0) is 24.6 Å². The maximum atomic E-state index is 11.7. The maximum absolute atomic E-state index is 11.7. The van der Waals surface area contributed by atoms with Gasteiger partial charge in [0, 0.05) is 11.9 Å². The second-order valence-corrected chi connectivity index (χ2v) is 4.09. The molecule has 1 atom stereocenters. The summed E-state index contributed by atoms with van der Waals surface area (Å²) < 4.78 is 5.93. The highest BCUT2D eigenvalue weighted by molar-refractivity contribution is 5.76. The standard InChI is InChI=1S/C13H14N2O4/c1-8-7-14-13(18)15(8)10-5-3-4-9(6-10)11(16)12(17)19-2/h3-7,11,16H,1-2H3,(H,14,18). The number of H-pyrrole nitrogens is 1. The number of carbonyl (C=O) groups is 1. The van der Waals surface area contributed by atoms with Crippen LogP contribution in [0.1, 0.15) is 17.4 Å². The SMILES string of the molecule is COC(=O)C(O)c1cccc(-n2c(C)c[nH]c2=O)c1. The highest BCUT2D eigenvalue weighted by Gasteiger charge is 2.18. The van der Waals surface area contributed by atoms with Gasteiger partial charge in [0.2, 0.25) is 0 Å². The fraction of sp³-hybridized carbons (Fsp3) is 0.231. The number of ether oxygens (including phenoxy) is 1. The summed E-state index contributed by atoms with van der Waals surface area (Å²) in [6.45, 7) is 1.78. The smallest absolute Gasteiger partial charge is 0.339 e. The zero-order valence-electron chi connectivity index (χ0n) is 10.6. The number of hydrogen-bond donors (Lipinski definition) is 2. The maximum Gasteiger partial charge on any atom is 0.339 e. The zero-order valence-corrected chi connectivity index (χ0v) is 10.6. The molecule has 1 unspecified atom stereocenters. The van der Waals surface area contributed by atoms with Crippen LogP contribution in [0.3, 0.4) is 0 Å². The van der Waals surface area contributed by atoms with Crippen molar-refractivity contribution in [3.8, 4) is 5.69 Å². The summed E-state index contributed by atoms with van der Waals surface area (Å²) in [7, 11) is 1.20. The molecule has 0 radical (unpaired) electrons. The predicted octanol–water partition coefficient (Wildman–Crippen LogP) is 0.680. The van der Waals surface area contributed by atoms with Crippen LogP contribution in [0.5, 0.6) is 0 Å². The first-order valence-electron chi connectivity index (χ1n) is 5.68. The molecule has 1 aromatic heterocycles. The number of esters is 1. The van der Waals surface area contributed by atoms with E-state index in [0.29, 0.717) is 11.3 Å². The Balaban J connectivity index is 2.46. The first-order chi connectivity index (χ1) is 9.04. The van der Waals surface area contributed by atoms with E-state index in [9.17, 15) is 14.7 Å². The number of nitrogens with zero attached hydrogens (tertiary/aromatic N) is 1. The van der Waals surface area contributed by atoms with Gasteiger partial charge in [0.15, 0.2) is 6.10 Å². The molecule has 2 rings (SSSR count). The van der Waals surface area contributed by atoms with Gasteiger partial charge in [0.25, 0.3) is 0 Å². The number of nitrogens with one attached hydrogen (secondary N) is 1. The van der Waals surface area contributed by atoms with E-state index in [1.165, 1.54) is 11.7 Å². The molecule has 6 heteroatoms. The molecule has 0 aliphatic heterocycles. The third-order valence-corrected chi connectivity index (χ3v) is 2.83. The summed E-state index contributed by atoms with van der Waals surface area (Å²) in [5.41, 5.74) is 1.40. The Morgan fingerprint density at radius 3 is 2.79 bits per heavy atom. The molecule has 2 N–H and O–H groups in total. The van der Waals surface area contributed by atoms with Gasteiger partial charge >= 0.3 is 11.7 Å². The lowest BCUT2D eigenvalue weighted by Crippen LogP contribution is -2.17. The molecule has 0 saturated heterocycles. The molecule has 19 heavy (non-hydrogen) atoms. The fourth-order valence-electron chi connectivity index (χ4n) is 1.86. The summed E-state index contributed by atoms with van der Waals surface area (Å²) >= 11 is 0. The van der Waals surface area contributed by atoms with Crippen LogP contribution in [-0.4, -0.2) is 27.7 Å². The van der Waals surface area contributed by atoms with Gasteiger partial charge in [0.1, 0.15) is 0 Å². The molecule has 0 aliphatic rings. The number of aliphatic hydroxyl groups excluding tert-OH is 1. The number of benzene rings is 1. The van der Waals surface area contributed by atoms with Crippen molar-refractivity contribution in [3.05, 3.63) is 52.2 Å². The van der Waals surface area contributed by atoms with E-state index in [4.69, 9.17) is 0 Å². The third kappa shape index (κ3) is 2.43. The molecular weight excluding hydrogens is 248 g/mol. The van der Waals surface area contributed by atoms with Gasteiger partial charge < -0.3 is 14.8 Å². The summed E-state index contributed by atoms with van der Waals surface area (Å²) in [5.74, 6) is -0.740. The minimum absolute atomic E-state index is 0.276. The van der Waals surface area contributed by atoms with Crippen LogP contribution >= 0.6 is 0 Å². The van der Waals surface area contributed by atoms with Gasteiger partial charge in [0.05, 0.1) is 12.8 Å². The van der Waals surface area contributed by atoms with E-state index in [0.717, 1.165) is 5.69 Å². The quantitative estimate of drug-likeness (QED) is 0.797. The van der Waals surface area contributed by atoms with E-state index >= 15 is 0 Å². The molecule has 100 valence electrons. The molecule has 0 aliphatic carbocycles. The highest BCUT2D eigenvalue weighted by atomic mass is 16.5. The van der Waals surface area contributed by atoms with Crippen molar-refractivity contribution < 1.29 is 14.6 Å². The van der Waals surface area contributed by atoms with E-state index in [-0.39, 0.29) is 5.69 Å². The largest absolute Gasteiger partial charge is 0.467 e. The lowest BCUT2D eigenvalue weighted by atomic mass is 10.1. The lowest BCUT2D eigenvalue weighted by Gasteiger charge is -2.11. The number of hydrogen-bond acceptors (Lipinski definition) is 4. The number of imidazole rings is 1. The van der Waals surface area contributed by atoms with E-state index in [1.54, 1.807) is 37.4 Å². The van der Waals surface area contributed by atoms with E-state index < -0.39 is 12.1 Å². The summed E-state index contributed by atoms with van der Waals surface area (Å²) in [6, 6.07) is 6.55. The monoisotopic (exact) mass is 262 g/mol. The average Bonchev–Trinajstić information content (AvgIpc) is 2.76. The van der Waals surface area contributed by atoms with Crippen molar-refractivity contribution in [2.75, 3.05) is 7.11 Å². The zero-order chi connectivity index (χ0) is 14.0. The first-order valence-corrected chi connectivity index (χ1v) is 5.68. The molecule has 0 spiro atoms. The molecule has 1 aromatic carbocycles. The van der Waals surface area contributed by atoms with Crippen LogP contribution in [-0.2, 0) is 9.53 Å². The molecule has 0 saturated carbocycles. The Morgan fingerprint density at radius 2 is 2.21 bits per heavy atom. The highest BCUT2D eigenvalue weighted by Crippen LogP contribution is 2.18. The Hall–Kier alpha value is -2.34. The third-order valence-electron chi connectivity index (χ3n) is 2.83. The van der Waals surface area contributed by atoms with Crippen molar-refractivity contribution >= 4 is 5.97 Å². The average molecular weight is 262 g/mol. The number of aryl methyl sites for hydroxylation is 1. The van der Waals surface area contributed by atoms with Crippen LogP contribution in [0.4, 0.5) is 0 Å². The fourth-order valence-corrected chi connectivity index (χ4v) is 1.86. The van der Waals surface area contributed by atoms with E-state index in [1.807, 2.05) is 0 Å². The van der Waals surface area contributed by atoms with Gasteiger partial charge in [-0.15, -0.1) is 0 Å². The minimum Gasteiger partial charge on any atom is -0.467 e. The minimum atomic E-state index is -1.36. The van der Waals surface area contributed by atoms with Crippen molar-refractivity contribution in [2.45, 2.75) is 13.0 Å². The molecule has 2 aromatic rings. The van der Waals surface area contributed by atoms with Gasteiger partial charge in [-0.2, -0.15) is 0 Å². The van der Waals surface area contributed by atoms with Crippen molar-refractivity contribution in [1.29, 1.82) is 0 Å². The van der Waals surface area contributed by atoms with Crippen LogP contribution in [0, 0.1) is 6.92 Å².